The van der Waals surface area contributed by atoms with Crippen molar-refractivity contribution in [2.75, 3.05) is 6.61 Å². The first-order valence-corrected chi connectivity index (χ1v) is 11.1. The minimum absolute atomic E-state index is 0.227. The summed E-state index contributed by atoms with van der Waals surface area (Å²) in [7, 11) is 0. The Hall–Kier alpha value is -2.29. The van der Waals surface area contributed by atoms with Crippen molar-refractivity contribution in [2.24, 2.45) is 0 Å². The van der Waals surface area contributed by atoms with Crippen LogP contribution in [0.1, 0.15) is 95.6 Å². The molecule has 0 aromatic heterocycles. The molecule has 164 valence electrons. The summed E-state index contributed by atoms with van der Waals surface area (Å²) in [6, 6.07) is 11.6. The van der Waals surface area contributed by atoms with Crippen LogP contribution in [0.15, 0.2) is 36.4 Å². The Morgan fingerprint density at radius 2 is 1.47 bits per heavy atom. The first-order chi connectivity index (χ1) is 14.0. The molecule has 0 radical (unpaired) electrons. The second-order valence-electron chi connectivity index (χ2n) is 10.2. The Labute approximate surface area is 182 Å². The van der Waals surface area contributed by atoms with Gasteiger partial charge in [0.1, 0.15) is 5.75 Å². The lowest BCUT2D eigenvalue weighted by Crippen LogP contribution is -2.17. The van der Waals surface area contributed by atoms with Gasteiger partial charge in [-0.3, -0.25) is 0 Å². The monoisotopic (exact) mass is 410 g/mol. The van der Waals surface area contributed by atoms with E-state index in [1.807, 2.05) is 36.4 Å². The molecule has 2 aromatic carbocycles. The lowest BCUT2D eigenvalue weighted by atomic mass is 9.77. The summed E-state index contributed by atoms with van der Waals surface area (Å²) in [5, 5.41) is 11.0. The number of phenols is 1. The highest BCUT2D eigenvalue weighted by Gasteiger charge is 2.27. The number of esters is 1. The van der Waals surface area contributed by atoms with Crippen molar-refractivity contribution < 1.29 is 14.6 Å². The molecule has 0 aliphatic carbocycles. The van der Waals surface area contributed by atoms with Crippen LogP contribution in [0.3, 0.4) is 0 Å². The van der Waals surface area contributed by atoms with E-state index in [1.54, 1.807) is 0 Å². The number of phenolic OH excluding ortho intramolecular Hbond substituents is 1. The molecule has 0 saturated heterocycles. The maximum absolute atomic E-state index is 12.8. The molecule has 0 fully saturated rings. The molecule has 1 N–H and O–H groups in total. The molecule has 0 bridgehead atoms. The molecule has 0 saturated carbocycles. The van der Waals surface area contributed by atoms with E-state index in [2.05, 4.69) is 48.5 Å². The zero-order valence-corrected chi connectivity index (χ0v) is 19.8. The third kappa shape index (κ3) is 5.87. The van der Waals surface area contributed by atoms with Gasteiger partial charge < -0.3 is 9.84 Å². The second-order valence-corrected chi connectivity index (χ2v) is 10.2. The second kappa shape index (κ2) is 9.68. The molecule has 0 unspecified atom stereocenters. The van der Waals surface area contributed by atoms with Gasteiger partial charge in [0, 0.05) is 11.1 Å². The average Bonchev–Trinajstić information content (AvgIpc) is 2.66. The van der Waals surface area contributed by atoms with Gasteiger partial charge in [-0.1, -0.05) is 85.9 Å². The molecule has 2 aromatic rings. The Bertz CT molecular complexity index is 831. The Balaban J connectivity index is 2.48. The first kappa shape index (κ1) is 24.0. The fourth-order valence-electron chi connectivity index (χ4n) is 3.62. The molecule has 3 heteroatoms. The number of carbonyl (C=O) groups excluding carboxylic acids is 1. The van der Waals surface area contributed by atoms with Crippen molar-refractivity contribution in [1.29, 1.82) is 0 Å². The van der Waals surface area contributed by atoms with Gasteiger partial charge in [0.25, 0.3) is 0 Å². The number of unbranched alkanes of at least 4 members (excludes halogenated alkanes) is 3. The number of hydrogen-bond acceptors (Lipinski definition) is 3. The zero-order chi connectivity index (χ0) is 22.5. The highest BCUT2D eigenvalue weighted by Crippen LogP contribution is 2.42. The SMILES string of the molecule is CCCCCCOC(=O)c1ccccc1-c1cc(C(C)(C)C)c(O)c(C(C)(C)C)c1. The molecule has 0 amide bonds. The van der Waals surface area contributed by atoms with Crippen molar-refractivity contribution in [1.82, 2.24) is 0 Å². The summed E-state index contributed by atoms with van der Waals surface area (Å²) in [5.41, 5.74) is 3.65. The normalized spacial score (nSPS) is 12.1. The number of benzene rings is 2. The number of hydrogen-bond donors (Lipinski definition) is 1. The van der Waals surface area contributed by atoms with Crippen molar-refractivity contribution in [3.63, 3.8) is 0 Å². The lowest BCUT2D eigenvalue weighted by Gasteiger charge is -2.28. The van der Waals surface area contributed by atoms with Gasteiger partial charge >= 0.3 is 5.97 Å². The topological polar surface area (TPSA) is 46.5 Å². The lowest BCUT2D eigenvalue weighted by molar-refractivity contribution is 0.0498. The molecule has 3 nitrogen and oxygen atoms in total. The third-order valence-electron chi connectivity index (χ3n) is 5.41. The molecular weight excluding hydrogens is 372 g/mol. The number of rotatable bonds is 7. The van der Waals surface area contributed by atoms with Gasteiger partial charge in [-0.2, -0.15) is 0 Å². The fraction of sp³-hybridized carbons (Fsp3) is 0.519. The minimum Gasteiger partial charge on any atom is -0.507 e. The molecule has 30 heavy (non-hydrogen) atoms. The van der Waals surface area contributed by atoms with Crippen LogP contribution in [0.25, 0.3) is 11.1 Å². The van der Waals surface area contributed by atoms with E-state index in [4.69, 9.17) is 4.74 Å². The van der Waals surface area contributed by atoms with Gasteiger partial charge in [0.05, 0.1) is 12.2 Å². The smallest absolute Gasteiger partial charge is 0.338 e. The minimum atomic E-state index is -0.287. The highest BCUT2D eigenvalue weighted by atomic mass is 16.5. The average molecular weight is 411 g/mol. The quantitative estimate of drug-likeness (QED) is 0.382. The summed E-state index contributed by atoms with van der Waals surface area (Å²) in [4.78, 5) is 12.8. The van der Waals surface area contributed by atoms with Gasteiger partial charge in [0.15, 0.2) is 0 Å². The van der Waals surface area contributed by atoms with Crippen LogP contribution >= 0.6 is 0 Å². The van der Waals surface area contributed by atoms with E-state index in [0.717, 1.165) is 47.9 Å². The Kier molecular flexibility index (Phi) is 7.74. The molecule has 0 spiro atoms. The largest absolute Gasteiger partial charge is 0.507 e. The van der Waals surface area contributed by atoms with Crippen LogP contribution in [-0.2, 0) is 15.6 Å². The predicted octanol–water partition coefficient (Wildman–Crippen LogP) is 7.39. The van der Waals surface area contributed by atoms with E-state index in [1.165, 1.54) is 0 Å². The summed E-state index contributed by atoms with van der Waals surface area (Å²) >= 11 is 0. The summed E-state index contributed by atoms with van der Waals surface area (Å²) in [5.74, 6) is 0.0551. The van der Waals surface area contributed by atoms with Crippen molar-refractivity contribution in [2.45, 2.75) is 85.0 Å². The standard InChI is InChI=1S/C27H38O3/c1-8-9-10-13-16-30-25(29)21-15-12-11-14-20(21)19-17-22(26(2,3)4)24(28)23(18-19)27(5,6)7/h11-12,14-15,17-18,28H,8-10,13,16H2,1-7H3. The van der Waals surface area contributed by atoms with Gasteiger partial charge in [0.2, 0.25) is 0 Å². The van der Waals surface area contributed by atoms with Gasteiger partial charge in [-0.25, -0.2) is 4.79 Å². The van der Waals surface area contributed by atoms with E-state index in [0.29, 0.717) is 17.9 Å². The van der Waals surface area contributed by atoms with Crippen LogP contribution in [0.5, 0.6) is 5.75 Å². The van der Waals surface area contributed by atoms with E-state index in [-0.39, 0.29) is 16.8 Å². The summed E-state index contributed by atoms with van der Waals surface area (Å²) in [6.45, 7) is 15.2. The van der Waals surface area contributed by atoms with Crippen LogP contribution in [0.2, 0.25) is 0 Å². The maximum Gasteiger partial charge on any atom is 0.338 e. The van der Waals surface area contributed by atoms with Crippen molar-refractivity contribution in [3.8, 4) is 16.9 Å². The number of ether oxygens (including phenoxy) is 1. The summed E-state index contributed by atoms with van der Waals surface area (Å²) < 4.78 is 5.57. The van der Waals surface area contributed by atoms with Crippen LogP contribution in [0, 0.1) is 0 Å². The summed E-state index contributed by atoms with van der Waals surface area (Å²) in [6.07, 6.45) is 4.28. The van der Waals surface area contributed by atoms with E-state index in [9.17, 15) is 9.90 Å². The van der Waals surface area contributed by atoms with Crippen molar-refractivity contribution in [3.05, 3.63) is 53.1 Å². The maximum atomic E-state index is 12.8. The molecule has 0 aliphatic heterocycles. The van der Waals surface area contributed by atoms with Gasteiger partial charge in [-0.05, 0) is 46.6 Å². The first-order valence-electron chi connectivity index (χ1n) is 11.1. The molecule has 2 rings (SSSR count). The van der Waals surface area contributed by atoms with Crippen LogP contribution < -0.4 is 0 Å². The fourth-order valence-corrected chi connectivity index (χ4v) is 3.62. The molecule has 0 aliphatic rings. The highest BCUT2D eigenvalue weighted by molar-refractivity contribution is 5.97. The van der Waals surface area contributed by atoms with E-state index >= 15 is 0 Å². The molecular formula is C27H38O3. The van der Waals surface area contributed by atoms with Crippen LogP contribution in [0.4, 0.5) is 0 Å². The number of carbonyl (C=O) groups is 1. The van der Waals surface area contributed by atoms with E-state index < -0.39 is 0 Å². The van der Waals surface area contributed by atoms with Crippen LogP contribution in [-0.4, -0.2) is 17.7 Å². The molecule has 0 heterocycles. The molecule has 0 atom stereocenters. The Morgan fingerprint density at radius 3 is 2.00 bits per heavy atom. The Morgan fingerprint density at radius 1 is 0.900 bits per heavy atom. The number of aromatic hydroxyl groups is 1. The van der Waals surface area contributed by atoms with Crippen molar-refractivity contribution >= 4 is 5.97 Å². The van der Waals surface area contributed by atoms with Gasteiger partial charge in [-0.15, -0.1) is 0 Å². The zero-order valence-electron chi connectivity index (χ0n) is 19.8. The third-order valence-corrected chi connectivity index (χ3v) is 5.41. The predicted molar refractivity (Wildman–Crippen MR) is 125 cm³/mol.